The molecular formula is C14H12F3N3O2S. The zero-order valence-electron chi connectivity index (χ0n) is 11.9. The molecule has 0 radical (unpaired) electrons. The van der Waals surface area contributed by atoms with Gasteiger partial charge in [-0.15, -0.1) is 0 Å². The summed E-state index contributed by atoms with van der Waals surface area (Å²) in [6.45, 7) is 0. The molecule has 0 aliphatic heterocycles. The second kappa shape index (κ2) is 7.32. The number of carbonyl (C=O) groups is 1. The molecule has 0 aliphatic carbocycles. The van der Waals surface area contributed by atoms with Crippen LogP contribution in [0.15, 0.2) is 41.7 Å². The van der Waals surface area contributed by atoms with Gasteiger partial charge < -0.3 is 10.1 Å². The number of anilines is 1. The number of thioether (sulfide) groups is 1. The molecule has 0 bridgehead atoms. The number of rotatable bonds is 5. The maximum absolute atomic E-state index is 12.4. The molecule has 1 amide bonds. The van der Waals surface area contributed by atoms with Crippen molar-refractivity contribution in [3.63, 3.8) is 0 Å². The summed E-state index contributed by atoms with van der Waals surface area (Å²) in [5.41, 5.74) is -0.326. The largest absolute Gasteiger partial charge is 0.481 e. The average molecular weight is 343 g/mol. The zero-order valence-corrected chi connectivity index (χ0v) is 12.7. The van der Waals surface area contributed by atoms with E-state index >= 15 is 0 Å². The predicted molar refractivity (Wildman–Crippen MR) is 79.4 cm³/mol. The fraction of sp³-hybridized carbons (Fsp3) is 0.214. The number of alkyl halides is 3. The molecule has 0 fully saturated rings. The summed E-state index contributed by atoms with van der Waals surface area (Å²) >= 11 is 1.04. The van der Waals surface area contributed by atoms with Gasteiger partial charge >= 0.3 is 6.18 Å². The highest BCUT2D eigenvalue weighted by Gasteiger charge is 2.30. The third kappa shape index (κ3) is 5.13. The Balaban J connectivity index is 1.86. The summed E-state index contributed by atoms with van der Waals surface area (Å²) in [6.07, 6.45) is -2.24. The number of aromatic nitrogens is 2. The normalized spacial score (nSPS) is 11.1. The molecular weight excluding hydrogens is 331 g/mol. The molecule has 0 aromatic carbocycles. The van der Waals surface area contributed by atoms with E-state index in [4.69, 9.17) is 4.74 Å². The van der Waals surface area contributed by atoms with Crippen LogP contribution in [0.5, 0.6) is 5.88 Å². The van der Waals surface area contributed by atoms with Crippen LogP contribution in [0.2, 0.25) is 0 Å². The van der Waals surface area contributed by atoms with Crippen LogP contribution in [0.3, 0.4) is 0 Å². The van der Waals surface area contributed by atoms with Crippen molar-refractivity contribution in [2.75, 3.05) is 18.2 Å². The molecule has 0 saturated heterocycles. The van der Waals surface area contributed by atoms with Crippen LogP contribution in [0.4, 0.5) is 18.9 Å². The Bertz CT molecular complexity index is 660. The lowest BCUT2D eigenvalue weighted by Gasteiger charge is -2.07. The Kier molecular flexibility index (Phi) is 5.43. The summed E-state index contributed by atoms with van der Waals surface area (Å²) in [5, 5.41) is 2.95. The van der Waals surface area contributed by atoms with Crippen LogP contribution in [-0.2, 0) is 11.0 Å². The van der Waals surface area contributed by atoms with E-state index in [1.165, 1.54) is 19.4 Å². The van der Waals surface area contributed by atoms with Gasteiger partial charge in [-0.3, -0.25) is 4.79 Å². The van der Waals surface area contributed by atoms with Crippen LogP contribution in [-0.4, -0.2) is 28.7 Å². The smallest absolute Gasteiger partial charge is 0.417 e. The van der Waals surface area contributed by atoms with E-state index < -0.39 is 11.7 Å². The van der Waals surface area contributed by atoms with E-state index in [2.05, 4.69) is 15.3 Å². The number of hydrogen-bond acceptors (Lipinski definition) is 5. The molecule has 2 aromatic rings. The molecule has 5 nitrogen and oxygen atoms in total. The van der Waals surface area contributed by atoms with Crippen molar-refractivity contribution in [1.29, 1.82) is 0 Å². The van der Waals surface area contributed by atoms with E-state index in [0.29, 0.717) is 16.6 Å². The lowest BCUT2D eigenvalue weighted by atomic mass is 10.3. The minimum absolute atomic E-state index is 0.0182. The number of carbonyl (C=O) groups excluding carboxylic acids is 1. The van der Waals surface area contributed by atoms with Crippen molar-refractivity contribution < 1.29 is 22.7 Å². The van der Waals surface area contributed by atoms with Gasteiger partial charge in [0.25, 0.3) is 0 Å². The number of nitrogens with zero attached hydrogens (tertiary/aromatic N) is 2. The van der Waals surface area contributed by atoms with Crippen molar-refractivity contribution in [2.45, 2.75) is 11.2 Å². The van der Waals surface area contributed by atoms with Gasteiger partial charge in [-0.05, 0) is 18.2 Å². The molecule has 0 saturated carbocycles. The first-order valence-electron chi connectivity index (χ1n) is 6.34. The van der Waals surface area contributed by atoms with Gasteiger partial charge in [0, 0.05) is 12.3 Å². The third-order valence-corrected chi connectivity index (χ3v) is 3.59. The molecule has 0 atom stereocenters. The Morgan fingerprint density at radius 3 is 2.52 bits per heavy atom. The van der Waals surface area contributed by atoms with Crippen LogP contribution in [0, 0.1) is 0 Å². The monoisotopic (exact) mass is 343 g/mol. The van der Waals surface area contributed by atoms with Crippen LogP contribution in [0.25, 0.3) is 0 Å². The zero-order chi connectivity index (χ0) is 16.9. The minimum Gasteiger partial charge on any atom is -0.481 e. The second-order valence-electron chi connectivity index (χ2n) is 4.31. The molecule has 1 N–H and O–H groups in total. The van der Waals surface area contributed by atoms with Gasteiger partial charge in [0.1, 0.15) is 0 Å². The predicted octanol–water partition coefficient (Wildman–Crippen LogP) is 3.23. The number of pyridine rings is 2. The van der Waals surface area contributed by atoms with Crippen molar-refractivity contribution in [3.8, 4) is 5.88 Å². The van der Waals surface area contributed by atoms with Gasteiger partial charge in [0.2, 0.25) is 11.8 Å². The quantitative estimate of drug-likeness (QED) is 0.845. The molecule has 2 rings (SSSR count). The summed E-state index contributed by atoms with van der Waals surface area (Å²) in [6, 6.07) is 5.39. The number of hydrogen-bond donors (Lipinski definition) is 1. The summed E-state index contributed by atoms with van der Waals surface area (Å²) < 4.78 is 42.1. The molecule has 2 heterocycles. The number of halogens is 3. The Morgan fingerprint density at radius 1 is 1.22 bits per heavy atom. The van der Waals surface area contributed by atoms with Crippen molar-refractivity contribution in [2.24, 2.45) is 0 Å². The number of methoxy groups -OCH3 is 1. The van der Waals surface area contributed by atoms with Crippen LogP contribution >= 0.6 is 11.8 Å². The van der Waals surface area contributed by atoms with Crippen molar-refractivity contribution in [3.05, 3.63) is 42.2 Å². The first-order chi connectivity index (χ1) is 10.9. The average Bonchev–Trinajstić information content (AvgIpc) is 2.53. The molecule has 0 aliphatic rings. The van der Waals surface area contributed by atoms with E-state index in [-0.39, 0.29) is 11.7 Å². The van der Waals surface area contributed by atoms with Crippen LogP contribution in [0.1, 0.15) is 5.56 Å². The Labute approximate surface area is 134 Å². The third-order valence-electron chi connectivity index (χ3n) is 2.64. The maximum atomic E-state index is 12.4. The van der Waals surface area contributed by atoms with Crippen molar-refractivity contribution >= 4 is 23.4 Å². The van der Waals surface area contributed by atoms with Crippen molar-refractivity contribution in [1.82, 2.24) is 9.97 Å². The highest BCUT2D eigenvalue weighted by Crippen LogP contribution is 2.29. The fourth-order valence-electron chi connectivity index (χ4n) is 1.54. The van der Waals surface area contributed by atoms with E-state index in [1.807, 2.05) is 0 Å². The van der Waals surface area contributed by atoms with Gasteiger partial charge in [0.15, 0.2) is 0 Å². The highest BCUT2D eigenvalue weighted by atomic mass is 32.2. The molecule has 0 spiro atoms. The standard InChI is InChI=1S/C14H12F3N3O2S/c1-22-12-4-3-10(7-18-12)20-11(21)8-23-13-5-2-9(6-19-13)14(15,16)17/h2-7H,8H2,1H3,(H,20,21). The highest BCUT2D eigenvalue weighted by molar-refractivity contribution is 7.99. The Hall–Kier alpha value is -2.29. The van der Waals surface area contributed by atoms with E-state index in [1.54, 1.807) is 12.1 Å². The summed E-state index contributed by atoms with van der Waals surface area (Å²) in [5.74, 6) is 0.125. The number of amides is 1. The molecule has 23 heavy (non-hydrogen) atoms. The SMILES string of the molecule is COc1ccc(NC(=O)CSc2ccc(C(F)(F)F)cn2)cn1. The molecule has 9 heteroatoms. The van der Waals surface area contributed by atoms with Gasteiger partial charge in [-0.2, -0.15) is 13.2 Å². The lowest BCUT2D eigenvalue weighted by molar-refractivity contribution is -0.137. The first-order valence-corrected chi connectivity index (χ1v) is 7.33. The van der Waals surface area contributed by atoms with E-state index in [0.717, 1.165) is 24.0 Å². The van der Waals surface area contributed by atoms with Gasteiger partial charge in [-0.1, -0.05) is 11.8 Å². The molecule has 0 unspecified atom stereocenters. The second-order valence-corrected chi connectivity index (χ2v) is 5.30. The number of ether oxygens (including phenoxy) is 1. The molecule has 122 valence electrons. The van der Waals surface area contributed by atoms with Gasteiger partial charge in [-0.25, -0.2) is 9.97 Å². The van der Waals surface area contributed by atoms with E-state index in [9.17, 15) is 18.0 Å². The first kappa shape index (κ1) is 17.1. The minimum atomic E-state index is -4.42. The van der Waals surface area contributed by atoms with Gasteiger partial charge in [0.05, 0.1) is 35.3 Å². The number of nitrogens with one attached hydrogen (secondary N) is 1. The fourth-order valence-corrected chi connectivity index (χ4v) is 2.19. The maximum Gasteiger partial charge on any atom is 0.417 e. The topological polar surface area (TPSA) is 64.1 Å². The lowest BCUT2D eigenvalue weighted by Crippen LogP contribution is -2.14. The summed E-state index contributed by atoms with van der Waals surface area (Å²) in [7, 11) is 1.48. The van der Waals surface area contributed by atoms with Crippen LogP contribution < -0.4 is 10.1 Å². The Morgan fingerprint density at radius 2 is 2.00 bits per heavy atom. The molecule has 2 aromatic heterocycles. The summed E-state index contributed by atoms with van der Waals surface area (Å²) in [4.78, 5) is 19.4.